The molecular formula is C68H120N12O19P4S. The molecule has 4 aromatic rings. The van der Waals surface area contributed by atoms with E-state index in [-0.39, 0.29) is 22.6 Å². The molecule has 592 valence electrons. The van der Waals surface area contributed by atoms with Crippen molar-refractivity contribution in [2.24, 2.45) is 0 Å². The Hall–Kier alpha value is -4.30. The fraction of sp³-hybridized carbons (Fsp3) is 0.706. The van der Waals surface area contributed by atoms with Crippen LogP contribution in [0, 0.1) is 4.77 Å². The van der Waals surface area contributed by atoms with Crippen LogP contribution in [-0.2, 0) is 45.3 Å². The Morgan fingerprint density at radius 3 is 1.05 bits per heavy atom. The molecule has 4 saturated heterocycles. The minimum absolute atomic E-state index is 0.139. The van der Waals surface area contributed by atoms with Crippen LogP contribution in [0.3, 0.4) is 0 Å². The van der Waals surface area contributed by atoms with Crippen LogP contribution >= 0.6 is 39.8 Å². The van der Waals surface area contributed by atoms with E-state index in [1.165, 1.54) is 27.7 Å². The first-order chi connectivity index (χ1) is 48.5. The van der Waals surface area contributed by atoms with Gasteiger partial charge in [-0.25, -0.2) is 14.4 Å². The summed E-state index contributed by atoms with van der Waals surface area (Å²) >= 11 is 5.24. The van der Waals surface area contributed by atoms with Gasteiger partial charge in [0, 0.05) is 61.1 Å². The maximum atomic E-state index is 12.2. The van der Waals surface area contributed by atoms with Crippen LogP contribution in [-0.4, -0.2) is 282 Å². The number of aromatic amines is 4. The lowest BCUT2D eigenvalue weighted by atomic mass is 10.0. The fourth-order valence-corrected chi connectivity index (χ4v) is 15.8. The molecule has 4 aliphatic rings. The van der Waals surface area contributed by atoms with E-state index in [0.29, 0.717) is 62.0 Å². The first-order valence-electron chi connectivity index (χ1n) is 35.5. The first-order valence-corrected chi connectivity index (χ1v) is 48.1. The molecule has 16 N–H and O–H groups in total. The molecule has 0 amide bonds. The molecule has 4 aromatic heterocycles. The van der Waals surface area contributed by atoms with Gasteiger partial charge in [0.1, 0.15) is 54.9 Å². The summed E-state index contributed by atoms with van der Waals surface area (Å²) in [5.41, 5.74) is -2.29. The molecule has 0 aliphatic carbocycles. The SMILES string of the molecule is C=P(C)(C)CC[C@H]1OC(c2cn(CNCCC)c(=O)[nH]c2=O)[C@H](O)[C@@H]1O.C=P(C)(C)CC[C@H]1OC(n2cc(CNCCC)c(=O)[nH]c2=O)[C@H](O)[C@@H]1O.C=P(C)(C)CC[C@H]1OC(n2cc(CNCCC)c(=O)[nH]c2=O)[C@H](O)[C@@H]1O.C=P(C)(C)CC[C@H]1OC(n2cc(CNCCC)c(=O)[nH]c2=S)[C@H](O)[C@@H]1O. The van der Waals surface area contributed by atoms with Gasteiger partial charge in [-0.2, -0.15) is 0 Å². The van der Waals surface area contributed by atoms with Crippen molar-refractivity contribution in [1.82, 2.24) is 59.5 Å². The van der Waals surface area contributed by atoms with Crippen LogP contribution in [0.25, 0.3) is 0 Å². The summed E-state index contributed by atoms with van der Waals surface area (Å²) in [6.07, 6.45) is 16.5. The van der Waals surface area contributed by atoms with Gasteiger partial charge >= 0.3 is 17.1 Å². The molecule has 31 nitrogen and oxygen atoms in total. The second-order valence-corrected chi connectivity index (χ2v) is 47.6. The highest BCUT2D eigenvalue weighted by Crippen LogP contribution is 2.43. The predicted octanol–water partition coefficient (Wildman–Crippen LogP) is 0.388. The van der Waals surface area contributed by atoms with Crippen molar-refractivity contribution >= 4 is 65.0 Å². The van der Waals surface area contributed by atoms with Crippen LogP contribution in [0.1, 0.15) is 126 Å². The summed E-state index contributed by atoms with van der Waals surface area (Å²) in [6.45, 7) is 24.0. The average molecular weight is 1570 g/mol. The number of aliphatic hydroxyl groups is 8. The third kappa shape index (κ3) is 27.1. The van der Waals surface area contributed by atoms with Crippen molar-refractivity contribution in [3.8, 4) is 0 Å². The summed E-state index contributed by atoms with van der Waals surface area (Å²) in [7, 11) is 0. The Morgan fingerprint density at radius 2 is 0.702 bits per heavy atom. The molecule has 0 aromatic carbocycles. The molecule has 0 radical (unpaired) electrons. The molecular weight excluding hydrogens is 1440 g/mol. The van der Waals surface area contributed by atoms with Gasteiger partial charge in [0.2, 0.25) is 0 Å². The molecule has 4 unspecified atom stereocenters. The van der Waals surface area contributed by atoms with Crippen molar-refractivity contribution in [2.45, 2.75) is 203 Å². The zero-order valence-corrected chi connectivity index (χ0v) is 67.0. The highest BCUT2D eigenvalue weighted by atomic mass is 32.1. The highest BCUT2D eigenvalue weighted by molar-refractivity contribution is 7.73. The van der Waals surface area contributed by atoms with E-state index in [0.717, 1.165) is 85.6 Å². The van der Waals surface area contributed by atoms with Gasteiger partial charge in [-0.3, -0.25) is 62.7 Å². The molecule has 0 saturated carbocycles. The smallest absolute Gasteiger partial charge is 0.330 e. The number of H-pyrrole nitrogens is 4. The van der Waals surface area contributed by atoms with Crippen molar-refractivity contribution in [3.63, 3.8) is 0 Å². The van der Waals surface area contributed by atoms with E-state index in [2.05, 4.69) is 120 Å². The number of hydrogen-bond acceptors (Lipinski definition) is 24. The number of nitrogens with zero attached hydrogens (tertiary/aromatic N) is 4. The van der Waals surface area contributed by atoms with E-state index in [4.69, 9.17) is 31.2 Å². The molecule has 0 spiro atoms. The lowest BCUT2D eigenvalue weighted by Gasteiger charge is -2.20. The van der Waals surface area contributed by atoms with E-state index in [1.807, 2.05) is 27.7 Å². The first kappa shape index (κ1) is 90.3. The summed E-state index contributed by atoms with van der Waals surface area (Å²) in [4.78, 5) is 93.9. The van der Waals surface area contributed by atoms with Crippen LogP contribution in [0.4, 0.5) is 0 Å². The lowest BCUT2D eigenvalue weighted by molar-refractivity contribution is -0.0404. The molecule has 4 aliphatic heterocycles. The van der Waals surface area contributed by atoms with E-state index in [9.17, 15) is 74.4 Å². The average Bonchev–Trinajstić information content (AvgIpc) is 1.61. The van der Waals surface area contributed by atoms with Crippen molar-refractivity contribution in [3.05, 3.63) is 125 Å². The van der Waals surface area contributed by atoms with Crippen LogP contribution in [0.15, 0.2) is 58.3 Å². The predicted molar refractivity (Wildman–Crippen MR) is 423 cm³/mol. The molecule has 8 heterocycles. The van der Waals surface area contributed by atoms with Gasteiger partial charge in [0.05, 0.1) is 36.6 Å². The Morgan fingerprint density at radius 1 is 0.404 bits per heavy atom. The molecule has 16 atom stereocenters. The van der Waals surface area contributed by atoms with Gasteiger partial charge < -0.3 is 75.8 Å². The Balaban J connectivity index is 0.000000249. The number of aromatic nitrogens is 8. The van der Waals surface area contributed by atoms with Gasteiger partial charge in [-0.05, 0) is 168 Å². The van der Waals surface area contributed by atoms with Gasteiger partial charge in [-0.1, -0.05) is 27.7 Å². The number of nitrogens with one attached hydrogen (secondary N) is 8. The molecule has 36 heteroatoms. The minimum atomic E-state index is -1.29. The van der Waals surface area contributed by atoms with Crippen molar-refractivity contribution in [1.29, 1.82) is 0 Å². The fourth-order valence-electron chi connectivity index (χ4n) is 11.7. The summed E-state index contributed by atoms with van der Waals surface area (Å²) in [6, 6.07) is 0. The largest absolute Gasteiger partial charge is 0.388 e. The molecule has 104 heavy (non-hydrogen) atoms. The topological polar surface area (TPSA) is 449 Å². The number of ether oxygens (including phenoxy) is 4. The quantitative estimate of drug-likeness (QED) is 0.0179. The summed E-state index contributed by atoms with van der Waals surface area (Å²) < 4.78 is 28.6. The van der Waals surface area contributed by atoms with Crippen LogP contribution in [0.2, 0.25) is 0 Å². The standard InChI is InChI=1S/3C17H30N3O5P.C17H30N3O4PS/c1-5-7-18-10-20-9-11(16(23)19-17(20)24)15-14(22)13(21)12(25-15)6-8-26(2,3)4;2*1-5-7-18-9-11-10-20(17(24)19-15(11)23)16-14(22)13(21)12(25-16)6-8-26(2,3)4;1-5-7-18-9-11-10-20(17(26)19-15(11)23)16-14(22)13(21)12(24-16)6-8-25(2,3)4/h9,12-15,18,21-22H,2,5-8,10H2,1,3-4H3,(H,19,23,24);2*10,12-14,16,18,21-22H,2,5-9H2,1,3-4H3,(H,19,23,24);10,12-14,16,18,21-22H,2,5-9H2,1,3-4H3,(H,19,23,26)/t12-,13-,14-,15?;3*12-,13-,14-,16?/m1111/s1. The normalized spacial score (nSPS) is 26.3. The van der Waals surface area contributed by atoms with E-state index >= 15 is 0 Å². The zero-order valence-electron chi connectivity index (χ0n) is 62.6. The van der Waals surface area contributed by atoms with Gasteiger partial charge in [0.15, 0.2) is 23.5 Å². The zero-order chi connectivity index (χ0) is 77.9. The molecule has 0 bridgehead atoms. The van der Waals surface area contributed by atoms with E-state index in [1.54, 1.807) is 6.20 Å². The van der Waals surface area contributed by atoms with Gasteiger partial charge in [-0.15, -0.1) is 52.7 Å². The molecule has 4 fully saturated rings. The highest BCUT2D eigenvalue weighted by Gasteiger charge is 2.48. The number of rotatable bonds is 32. The Bertz CT molecular complexity index is 3600. The minimum Gasteiger partial charge on any atom is -0.388 e. The van der Waals surface area contributed by atoms with Crippen molar-refractivity contribution in [2.75, 3.05) is 104 Å². The third-order valence-corrected chi connectivity index (χ3v) is 23.9. The maximum Gasteiger partial charge on any atom is 0.330 e. The Labute approximate surface area is 613 Å². The van der Waals surface area contributed by atoms with Gasteiger partial charge in [0.25, 0.3) is 22.2 Å². The van der Waals surface area contributed by atoms with Crippen LogP contribution < -0.4 is 60.6 Å². The second-order valence-electron chi connectivity index (χ2n) is 30.0. The van der Waals surface area contributed by atoms with Crippen LogP contribution in [0.5, 0.6) is 0 Å². The monoisotopic (exact) mass is 1560 g/mol. The summed E-state index contributed by atoms with van der Waals surface area (Å²) in [5, 5.41) is 95.2. The number of aliphatic hydroxyl groups excluding tert-OH is 8. The lowest BCUT2D eigenvalue weighted by Crippen LogP contribution is -2.39. The Kier molecular flexibility index (Phi) is 35.6. The third-order valence-electron chi connectivity index (χ3n) is 17.7. The second kappa shape index (κ2) is 40.9. The maximum absolute atomic E-state index is 12.2. The summed E-state index contributed by atoms with van der Waals surface area (Å²) in [5.74, 6) is 0. The van der Waals surface area contributed by atoms with Crippen molar-refractivity contribution < 1.29 is 59.8 Å². The molecule has 8 rings (SSSR count). The number of hydrogen-bond donors (Lipinski definition) is 16. The van der Waals surface area contributed by atoms with E-state index < -0.39 is 159 Å².